The van der Waals surface area contributed by atoms with E-state index in [0.29, 0.717) is 0 Å². The fourth-order valence-electron chi connectivity index (χ4n) is 2.64. The maximum Gasteiger partial charge on any atom is 0.274 e. The molecule has 3 aromatic rings. The third kappa shape index (κ3) is 3.65. The molecule has 0 aliphatic rings. The van der Waals surface area contributed by atoms with Gasteiger partial charge in [0.25, 0.3) is 5.91 Å². The number of hydrogen-bond donors (Lipinski definition) is 1. The molecule has 1 N–H and O–H groups in total. The average Bonchev–Trinajstić information content (AvgIpc) is 2.90. The van der Waals surface area contributed by atoms with Gasteiger partial charge in [0.05, 0.1) is 11.8 Å². The molecule has 0 bridgehead atoms. The minimum Gasteiger partial charge on any atom is -0.303 e. The summed E-state index contributed by atoms with van der Waals surface area (Å²) in [5, 5.41) is 4.18. The van der Waals surface area contributed by atoms with Crippen LogP contribution >= 0.6 is 11.6 Å². The molecular formula is C19H18ClN5O. The highest BCUT2D eigenvalue weighted by Gasteiger charge is 2.11. The van der Waals surface area contributed by atoms with E-state index in [-0.39, 0.29) is 10.7 Å². The van der Waals surface area contributed by atoms with Gasteiger partial charge in [0, 0.05) is 29.3 Å². The Morgan fingerprint density at radius 1 is 1.23 bits per heavy atom. The van der Waals surface area contributed by atoms with Crippen molar-refractivity contribution in [1.29, 1.82) is 0 Å². The van der Waals surface area contributed by atoms with Crippen LogP contribution in [0.5, 0.6) is 0 Å². The molecule has 132 valence electrons. The second-order valence-electron chi connectivity index (χ2n) is 5.90. The molecule has 0 saturated carbocycles. The number of halogens is 1. The van der Waals surface area contributed by atoms with Crippen LogP contribution in [0.15, 0.2) is 47.8 Å². The molecule has 3 aromatic heterocycles. The highest BCUT2D eigenvalue weighted by atomic mass is 35.5. The lowest BCUT2D eigenvalue weighted by Crippen LogP contribution is -2.18. The van der Waals surface area contributed by atoms with E-state index in [9.17, 15) is 4.79 Å². The highest BCUT2D eigenvalue weighted by Crippen LogP contribution is 2.18. The Balaban J connectivity index is 1.79. The molecule has 0 radical (unpaired) electrons. The first kappa shape index (κ1) is 17.8. The quantitative estimate of drug-likeness (QED) is 0.435. The zero-order valence-electron chi connectivity index (χ0n) is 14.7. The number of aryl methyl sites for hydroxylation is 2. The fourth-order valence-corrected chi connectivity index (χ4v) is 2.84. The topological polar surface area (TPSA) is 72.2 Å². The molecule has 7 heteroatoms. The summed E-state index contributed by atoms with van der Waals surface area (Å²) in [5.74, 6) is 0.435. The molecule has 0 fully saturated rings. The number of hydrogen-bond acceptors (Lipinski definition) is 4. The van der Waals surface area contributed by atoms with Gasteiger partial charge in [-0.15, -0.1) is 0 Å². The molecule has 26 heavy (non-hydrogen) atoms. The van der Waals surface area contributed by atoms with E-state index in [0.717, 1.165) is 28.3 Å². The number of rotatable bonds is 4. The summed E-state index contributed by atoms with van der Waals surface area (Å²) in [7, 11) is 0. The number of pyridine rings is 2. The molecule has 0 spiro atoms. The minimum absolute atomic E-state index is 0.142. The summed E-state index contributed by atoms with van der Waals surface area (Å²) in [6.45, 7) is 5.98. The van der Waals surface area contributed by atoms with E-state index in [1.54, 1.807) is 18.3 Å². The Labute approximate surface area is 156 Å². The van der Waals surface area contributed by atoms with Crippen molar-refractivity contribution in [3.8, 4) is 5.82 Å². The Morgan fingerprint density at radius 3 is 2.73 bits per heavy atom. The molecular weight excluding hydrogens is 350 g/mol. The second kappa shape index (κ2) is 7.49. The van der Waals surface area contributed by atoms with Crippen LogP contribution in [0.25, 0.3) is 5.82 Å². The number of nitrogens with zero attached hydrogens (tertiary/aromatic N) is 4. The molecule has 0 unspecified atom stereocenters. The molecule has 3 heterocycles. The van der Waals surface area contributed by atoms with Crippen LogP contribution in [0, 0.1) is 20.8 Å². The molecule has 0 aliphatic carbocycles. The fraction of sp³-hybridized carbons (Fsp3) is 0.158. The minimum atomic E-state index is -0.409. The van der Waals surface area contributed by atoms with Crippen LogP contribution in [0.1, 0.15) is 32.9 Å². The van der Waals surface area contributed by atoms with Gasteiger partial charge in [0.2, 0.25) is 0 Å². The number of nitrogens with one attached hydrogen (secondary N) is 1. The van der Waals surface area contributed by atoms with Gasteiger partial charge in [-0.3, -0.25) is 4.79 Å². The smallest absolute Gasteiger partial charge is 0.274 e. The molecule has 3 rings (SSSR count). The van der Waals surface area contributed by atoms with Crippen molar-refractivity contribution in [2.45, 2.75) is 20.8 Å². The van der Waals surface area contributed by atoms with Gasteiger partial charge in [-0.2, -0.15) is 5.10 Å². The van der Waals surface area contributed by atoms with E-state index < -0.39 is 5.91 Å². The lowest BCUT2D eigenvalue weighted by Gasteiger charge is -2.08. The van der Waals surface area contributed by atoms with Gasteiger partial charge in [-0.25, -0.2) is 15.4 Å². The lowest BCUT2D eigenvalue weighted by molar-refractivity contribution is 0.0955. The first-order valence-corrected chi connectivity index (χ1v) is 8.41. The Morgan fingerprint density at radius 2 is 2.04 bits per heavy atom. The van der Waals surface area contributed by atoms with Gasteiger partial charge >= 0.3 is 0 Å². The molecule has 0 aromatic carbocycles. The van der Waals surface area contributed by atoms with Crippen molar-refractivity contribution in [3.05, 3.63) is 76.0 Å². The number of carbonyl (C=O) groups excluding carboxylic acids is 1. The van der Waals surface area contributed by atoms with Crippen LogP contribution in [0.4, 0.5) is 0 Å². The van der Waals surface area contributed by atoms with Gasteiger partial charge in [-0.05, 0) is 50.6 Å². The summed E-state index contributed by atoms with van der Waals surface area (Å²) < 4.78 is 2.04. The predicted molar refractivity (Wildman–Crippen MR) is 102 cm³/mol. The van der Waals surface area contributed by atoms with E-state index >= 15 is 0 Å². The van der Waals surface area contributed by atoms with Gasteiger partial charge in [-0.1, -0.05) is 17.7 Å². The van der Waals surface area contributed by atoms with E-state index in [1.165, 1.54) is 6.20 Å². The first-order valence-electron chi connectivity index (χ1n) is 8.03. The molecule has 0 aliphatic heterocycles. The first-order chi connectivity index (χ1) is 12.5. The van der Waals surface area contributed by atoms with Gasteiger partial charge in [0.15, 0.2) is 0 Å². The number of aromatic nitrogens is 3. The van der Waals surface area contributed by atoms with Crippen molar-refractivity contribution < 1.29 is 4.79 Å². The number of amides is 1. The van der Waals surface area contributed by atoms with Crippen molar-refractivity contribution >= 4 is 23.7 Å². The van der Waals surface area contributed by atoms with Gasteiger partial charge < -0.3 is 4.57 Å². The van der Waals surface area contributed by atoms with Crippen LogP contribution in [-0.2, 0) is 0 Å². The largest absolute Gasteiger partial charge is 0.303 e. The summed E-state index contributed by atoms with van der Waals surface area (Å²) in [6.07, 6.45) is 4.96. The van der Waals surface area contributed by atoms with Crippen LogP contribution < -0.4 is 5.43 Å². The van der Waals surface area contributed by atoms with Crippen LogP contribution in [0.2, 0.25) is 5.15 Å². The molecule has 1 amide bonds. The normalized spacial score (nSPS) is 11.1. The predicted octanol–water partition coefficient (Wildman–Crippen LogP) is 3.61. The van der Waals surface area contributed by atoms with E-state index in [4.69, 9.17) is 11.6 Å². The van der Waals surface area contributed by atoms with E-state index in [1.807, 2.05) is 49.7 Å². The Bertz CT molecular complexity index is 976. The molecule has 0 saturated heterocycles. The second-order valence-corrected chi connectivity index (χ2v) is 6.25. The van der Waals surface area contributed by atoms with Crippen molar-refractivity contribution in [3.63, 3.8) is 0 Å². The third-order valence-electron chi connectivity index (χ3n) is 3.97. The average molecular weight is 368 g/mol. The Hall–Kier alpha value is -2.99. The number of hydrazone groups is 1. The van der Waals surface area contributed by atoms with Gasteiger partial charge in [0.1, 0.15) is 11.0 Å². The standard InChI is InChI=1S/C19H18ClN5O/c1-12-6-7-17(22-10-12)25-13(2)9-15(14(25)3)11-23-24-19(26)16-5-4-8-21-18(16)20/h4-11H,1-3H3,(H,24,26). The number of carbonyl (C=O) groups is 1. The zero-order valence-corrected chi connectivity index (χ0v) is 15.4. The molecule has 6 nitrogen and oxygen atoms in total. The van der Waals surface area contributed by atoms with Crippen molar-refractivity contribution in [2.75, 3.05) is 0 Å². The highest BCUT2D eigenvalue weighted by molar-refractivity contribution is 6.32. The summed E-state index contributed by atoms with van der Waals surface area (Å²) in [4.78, 5) is 20.4. The lowest BCUT2D eigenvalue weighted by atomic mass is 10.2. The summed E-state index contributed by atoms with van der Waals surface area (Å²) in [6, 6.07) is 9.22. The van der Waals surface area contributed by atoms with Crippen LogP contribution in [-0.4, -0.2) is 26.7 Å². The monoisotopic (exact) mass is 367 g/mol. The van der Waals surface area contributed by atoms with Crippen molar-refractivity contribution in [2.24, 2.45) is 5.10 Å². The summed E-state index contributed by atoms with van der Waals surface area (Å²) >= 11 is 5.91. The SMILES string of the molecule is Cc1ccc(-n2c(C)cc(C=NNC(=O)c3cccnc3Cl)c2C)nc1. The van der Waals surface area contributed by atoms with E-state index in [2.05, 4.69) is 20.5 Å². The molecule has 0 atom stereocenters. The maximum atomic E-state index is 12.1. The van der Waals surface area contributed by atoms with Crippen molar-refractivity contribution in [1.82, 2.24) is 20.0 Å². The third-order valence-corrected chi connectivity index (χ3v) is 4.27. The Kier molecular flexibility index (Phi) is 5.14. The summed E-state index contributed by atoms with van der Waals surface area (Å²) in [5.41, 5.74) is 6.76. The maximum absolute atomic E-state index is 12.1. The zero-order chi connectivity index (χ0) is 18.7. The van der Waals surface area contributed by atoms with Crippen LogP contribution in [0.3, 0.4) is 0 Å².